The van der Waals surface area contributed by atoms with Crippen LogP contribution in [0.2, 0.25) is 0 Å². The van der Waals surface area contributed by atoms with Crippen molar-refractivity contribution >= 4 is 32.9 Å². The predicted molar refractivity (Wildman–Crippen MR) is 92.3 cm³/mol. The number of benzene rings is 2. The van der Waals surface area contributed by atoms with E-state index in [1.54, 1.807) is 6.07 Å². The Balaban J connectivity index is 2.12. The van der Waals surface area contributed by atoms with Gasteiger partial charge in [0.15, 0.2) is 5.75 Å². The third-order valence-corrected chi connectivity index (χ3v) is 3.98. The fourth-order valence-corrected chi connectivity index (χ4v) is 2.60. The molecule has 3 aromatic rings. The first kappa shape index (κ1) is 15.7. The molecule has 0 fully saturated rings. The molecule has 1 heterocycles. The summed E-state index contributed by atoms with van der Waals surface area (Å²) in [5.74, 6) is 0.0692. The number of aryl methyl sites for hydroxylation is 1. The van der Waals surface area contributed by atoms with Crippen molar-refractivity contribution in [3.63, 3.8) is 0 Å². The SMILES string of the molecule is CC(=O)Oc1ccc(C)cc1-n1nc2ccc(C(C)Br)cc2n1. The van der Waals surface area contributed by atoms with Gasteiger partial charge in [0.1, 0.15) is 16.7 Å². The number of esters is 1. The number of rotatable bonds is 3. The lowest BCUT2D eigenvalue weighted by molar-refractivity contribution is -0.131. The Kier molecular flexibility index (Phi) is 4.17. The summed E-state index contributed by atoms with van der Waals surface area (Å²) in [6, 6.07) is 11.5. The first-order valence-electron chi connectivity index (χ1n) is 7.24. The Bertz CT molecular complexity index is 887. The van der Waals surface area contributed by atoms with E-state index in [1.807, 2.05) is 37.3 Å². The Morgan fingerprint density at radius 3 is 2.61 bits per heavy atom. The van der Waals surface area contributed by atoms with Gasteiger partial charge in [-0.05, 0) is 49.2 Å². The maximum atomic E-state index is 11.3. The van der Waals surface area contributed by atoms with E-state index in [2.05, 4.69) is 33.1 Å². The van der Waals surface area contributed by atoms with Crippen molar-refractivity contribution in [1.29, 1.82) is 0 Å². The number of carbonyl (C=O) groups is 1. The number of halogens is 1. The molecule has 5 nitrogen and oxygen atoms in total. The van der Waals surface area contributed by atoms with E-state index in [1.165, 1.54) is 11.7 Å². The molecule has 0 radical (unpaired) electrons. The summed E-state index contributed by atoms with van der Waals surface area (Å²) < 4.78 is 5.27. The van der Waals surface area contributed by atoms with E-state index in [0.29, 0.717) is 11.4 Å². The normalized spacial score (nSPS) is 12.3. The van der Waals surface area contributed by atoms with E-state index in [0.717, 1.165) is 22.2 Å². The third kappa shape index (κ3) is 3.27. The number of carbonyl (C=O) groups excluding carboxylic acids is 1. The van der Waals surface area contributed by atoms with Crippen molar-refractivity contribution in [3.8, 4) is 11.4 Å². The fourth-order valence-electron chi connectivity index (χ4n) is 2.31. The number of ether oxygens (including phenoxy) is 1. The van der Waals surface area contributed by atoms with Crippen molar-refractivity contribution in [1.82, 2.24) is 15.0 Å². The van der Waals surface area contributed by atoms with Gasteiger partial charge in [-0.15, -0.1) is 15.0 Å². The lowest BCUT2D eigenvalue weighted by atomic mass is 10.1. The second-order valence-electron chi connectivity index (χ2n) is 5.42. The zero-order valence-electron chi connectivity index (χ0n) is 13.1. The van der Waals surface area contributed by atoms with E-state index in [4.69, 9.17) is 4.74 Å². The molecule has 118 valence electrons. The minimum atomic E-state index is -0.373. The summed E-state index contributed by atoms with van der Waals surface area (Å²) in [5.41, 5.74) is 4.40. The van der Waals surface area contributed by atoms with E-state index in [9.17, 15) is 4.79 Å². The standard InChI is InChI=1S/C17H16BrN3O2/c1-10-4-7-17(23-12(3)22)16(8-10)21-19-14-6-5-13(11(2)18)9-15(14)20-21/h4-9,11H,1-3H3. The molecule has 1 atom stereocenters. The molecule has 0 bridgehead atoms. The van der Waals surface area contributed by atoms with Gasteiger partial charge in [-0.1, -0.05) is 28.1 Å². The second kappa shape index (κ2) is 6.12. The number of hydrogen-bond acceptors (Lipinski definition) is 4. The molecule has 1 aromatic heterocycles. The van der Waals surface area contributed by atoms with E-state index in [-0.39, 0.29) is 10.8 Å². The van der Waals surface area contributed by atoms with Gasteiger partial charge < -0.3 is 4.74 Å². The molecule has 6 heteroatoms. The van der Waals surface area contributed by atoms with Gasteiger partial charge in [0.05, 0.1) is 0 Å². The molecule has 0 aliphatic carbocycles. The quantitative estimate of drug-likeness (QED) is 0.393. The number of fused-ring (bicyclic) bond motifs is 1. The molecule has 0 saturated carbocycles. The lowest BCUT2D eigenvalue weighted by Crippen LogP contribution is -2.07. The molecule has 0 aliphatic heterocycles. The molecule has 0 spiro atoms. The zero-order valence-corrected chi connectivity index (χ0v) is 14.7. The Morgan fingerprint density at radius 1 is 1.17 bits per heavy atom. The van der Waals surface area contributed by atoms with Crippen molar-refractivity contribution in [2.45, 2.75) is 25.6 Å². The topological polar surface area (TPSA) is 57.0 Å². The summed E-state index contributed by atoms with van der Waals surface area (Å²) in [4.78, 5) is 13.1. The predicted octanol–water partition coefficient (Wildman–Crippen LogP) is 4.11. The molecule has 0 amide bonds. The molecule has 1 unspecified atom stereocenters. The van der Waals surface area contributed by atoms with Crippen LogP contribution in [0.4, 0.5) is 0 Å². The highest BCUT2D eigenvalue weighted by Crippen LogP contribution is 2.27. The number of hydrogen-bond donors (Lipinski definition) is 0. The van der Waals surface area contributed by atoms with Gasteiger partial charge in [-0.2, -0.15) is 0 Å². The maximum absolute atomic E-state index is 11.3. The monoisotopic (exact) mass is 373 g/mol. The highest BCUT2D eigenvalue weighted by atomic mass is 79.9. The van der Waals surface area contributed by atoms with Gasteiger partial charge in [0, 0.05) is 11.8 Å². The van der Waals surface area contributed by atoms with Crippen molar-refractivity contribution in [2.24, 2.45) is 0 Å². The van der Waals surface area contributed by atoms with E-state index < -0.39 is 0 Å². The van der Waals surface area contributed by atoms with Crippen LogP contribution in [0.1, 0.15) is 29.8 Å². The summed E-state index contributed by atoms with van der Waals surface area (Å²) >= 11 is 3.56. The Hall–Kier alpha value is -2.21. The largest absolute Gasteiger partial charge is 0.424 e. The highest BCUT2D eigenvalue weighted by molar-refractivity contribution is 9.09. The Labute approximate surface area is 142 Å². The highest BCUT2D eigenvalue weighted by Gasteiger charge is 2.13. The average molecular weight is 374 g/mol. The van der Waals surface area contributed by atoms with Crippen LogP contribution in [-0.4, -0.2) is 21.0 Å². The first-order valence-corrected chi connectivity index (χ1v) is 8.16. The van der Waals surface area contributed by atoms with Gasteiger partial charge in [-0.25, -0.2) is 0 Å². The van der Waals surface area contributed by atoms with Crippen molar-refractivity contribution in [2.75, 3.05) is 0 Å². The molecular formula is C17H16BrN3O2. The van der Waals surface area contributed by atoms with Gasteiger partial charge in [0.2, 0.25) is 0 Å². The van der Waals surface area contributed by atoms with Crippen molar-refractivity contribution < 1.29 is 9.53 Å². The molecule has 3 rings (SSSR count). The number of aromatic nitrogens is 3. The molecule has 2 aromatic carbocycles. The smallest absolute Gasteiger partial charge is 0.308 e. The van der Waals surface area contributed by atoms with Crippen LogP contribution in [0, 0.1) is 6.92 Å². The summed E-state index contributed by atoms with van der Waals surface area (Å²) in [7, 11) is 0. The fraction of sp³-hybridized carbons (Fsp3) is 0.235. The van der Waals surface area contributed by atoms with E-state index >= 15 is 0 Å². The minimum absolute atomic E-state index is 0.243. The number of alkyl halides is 1. The molecule has 23 heavy (non-hydrogen) atoms. The van der Waals surface area contributed by atoms with Crippen LogP contribution in [0.3, 0.4) is 0 Å². The van der Waals surface area contributed by atoms with Crippen molar-refractivity contribution in [3.05, 3.63) is 47.5 Å². The van der Waals surface area contributed by atoms with Crippen LogP contribution < -0.4 is 4.74 Å². The minimum Gasteiger partial charge on any atom is -0.424 e. The summed E-state index contributed by atoms with van der Waals surface area (Å²) in [6.45, 7) is 5.40. The third-order valence-electron chi connectivity index (χ3n) is 3.45. The molecular weight excluding hydrogens is 358 g/mol. The Morgan fingerprint density at radius 2 is 1.91 bits per heavy atom. The summed E-state index contributed by atoms with van der Waals surface area (Å²) in [6.07, 6.45) is 0. The van der Waals surface area contributed by atoms with Crippen LogP contribution in [-0.2, 0) is 4.79 Å². The van der Waals surface area contributed by atoms with Gasteiger partial charge in [0.25, 0.3) is 0 Å². The molecule has 0 N–H and O–H groups in total. The van der Waals surface area contributed by atoms with Crippen LogP contribution in [0.5, 0.6) is 5.75 Å². The second-order valence-corrected chi connectivity index (χ2v) is 6.79. The van der Waals surface area contributed by atoms with Crippen LogP contribution in [0.15, 0.2) is 36.4 Å². The van der Waals surface area contributed by atoms with Gasteiger partial charge in [-0.3, -0.25) is 4.79 Å². The average Bonchev–Trinajstić information content (AvgIpc) is 2.91. The molecule has 0 saturated heterocycles. The molecule has 0 aliphatic rings. The lowest BCUT2D eigenvalue weighted by Gasteiger charge is -2.08. The number of nitrogens with zero attached hydrogens (tertiary/aromatic N) is 3. The van der Waals surface area contributed by atoms with Crippen LogP contribution >= 0.6 is 15.9 Å². The zero-order chi connectivity index (χ0) is 16.6. The van der Waals surface area contributed by atoms with Gasteiger partial charge >= 0.3 is 5.97 Å². The van der Waals surface area contributed by atoms with Crippen LogP contribution in [0.25, 0.3) is 16.7 Å². The first-order chi connectivity index (χ1) is 10.9. The summed E-state index contributed by atoms with van der Waals surface area (Å²) in [5, 5.41) is 9.02. The maximum Gasteiger partial charge on any atom is 0.308 e.